The van der Waals surface area contributed by atoms with Gasteiger partial charge >= 0.3 is 0 Å². The minimum Gasteiger partial charge on any atom is -0.465 e. The van der Waals surface area contributed by atoms with Crippen LogP contribution in [-0.4, -0.2) is 44.8 Å². The predicted octanol–water partition coefficient (Wildman–Crippen LogP) is 3.23. The summed E-state index contributed by atoms with van der Waals surface area (Å²) in [6.45, 7) is 3.52. The third kappa shape index (κ3) is 5.19. The average molecular weight is 445 g/mol. The average Bonchev–Trinajstić information content (AvgIpc) is 3.32. The Kier molecular flexibility index (Phi) is 7.47. The maximum absolute atomic E-state index is 13.1. The lowest BCUT2D eigenvalue weighted by molar-refractivity contribution is -0.134. The number of benzene rings is 1. The smallest absolute Gasteiger partial charge is 0.267 e. The Bertz CT molecular complexity index is 926. The van der Waals surface area contributed by atoms with Crippen LogP contribution in [0.1, 0.15) is 25.2 Å². The molecule has 2 amide bonds. The number of thioether (sulfide) groups is 1. The number of amides is 2. The normalized spacial score (nSPS) is 17.6. The second kappa shape index (κ2) is 10.1. The van der Waals surface area contributed by atoms with E-state index in [9.17, 15) is 14.7 Å². The zero-order valence-corrected chi connectivity index (χ0v) is 18.4. The molecule has 2 heterocycles. The maximum atomic E-state index is 13.1. The highest BCUT2D eigenvalue weighted by atomic mass is 32.2. The van der Waals surface area contributed by atoms with Crippen molar-refractivity contribution in [3.8, 4) is 0 Å². The lowest BCUT2D eigenvalue weighted by Gasteiger charge is -2.30. The molecule has 6 nitrogen and oxygen atoms in total. The minimum absolute atomic E-state index is 0.175. The standard InChI is InChI=1S/C22H24N2O4S2/c1-14(2)19(20(26)23-16(13-25)11-15-7-4-3-5-8-15)24-21(27)18(30-22(24)29)12-17-9-6-10-28-17/h3-10,12,14,16,19,25H,11,13H2,1-2H3,(H,23,26)/b18-12-/t16-,19?/m1/s1. The molecule has 2 atom stereocenters. The molecule has 1 aliphatic heterocycles. The number of thiocarbonyl (C=S) groups is 1. The first kappa shape index (κ1) is 22.3. The van der Waals surface area contributed by atoms with Crippen molar-refractivity contribution in [2.45, 2.75) is 32.4 Å². The third-order valence-electron chi connectivity index (χ3n) is 4.71. The molecule has 0 radical (unpaired) electrons. The number of nitrogens with one attached hydrogen (secondary N) is 1. The van der Waals surface area contributed by atoms with E-state index in [1.165, 1.54) is 11.2 Å². The lowest BCUT2D eigenvalue weighted by Crippen LogP contribution is -2.54. The molecule has 1 fully saturated rings. The van der Waals surface area contributed by atoms with Gasteiger partial charge in [0.15, 0.2) is 0 Å². The fourth-order valence-electron chi connectivity index (χ4n) is 3.29. The minimum atomic E-state index is -0.773. The molecule has 1 aromatic carbocycles. The highest BCUT2D eigenvalue weighted by Gasteiger charge is 2.42. The van der Waals surface area contributed by atoms with Crippen molar-refractivity contribution in [1.29, 1.82) is 0 Å². The molecule has 2 aromatic rings. The van der Waals surface area contributed by atoms with E-state index < -0.39 is 12.1 Å². The molecule has 1 aliphatic rings. The first-order valence-electron chi connectivity index (χ1n) is 9.66. The number of carbonyl (C=O) groups is 2. The van der Waals surface area contributed by atoms with Crippen LogP contribution in [0.3, 0.4) is 0 Å². The first-order valence-corrected chi connectivity index (χ1v) is 10.9. The molecule has 0 aliphatic carbocycles. The van der Waals surface area contributed by atoms with E-state index in [4.69, 9.17) is 16.6 Å². The van der Waals surface area contributed by atoms with Crippen molar-refractivity contribution >= 4 is 46.2 Å². The summed E-state index contributed by atoms with van der Waals surface area (Å²) in [5.74, 6) is -0.287. The van der Waals surface area contributed by atoms with Gasteiger partial charge in [0.1, 0.15) is 16.1 Å². The van der Waals surface area contributed by atoms with Gasteiger partial charge in [0.05, 0.1) is 23.8 Å². The van der Waals surface area contributed by atoms with Gasteiger partial charge in [-0.1, -0.05) is 68.2 Å². The van der Waals surface area contributed by atoms with E-state index in [0.717, 1.165) is 17.3 Å². The van der Waals surface area contributed by atoms with Gasteiger partial charge in [-0.2, -0.15) is 0 Å². The second-order valence-corrected chi connectivity index (χ2v) is 9.01. The maximum Gasteiger partial charge on any atom is 0.267 e. The van der Waals surface area contributed by atoms with E-state index in [1.54, 1.807) is 18.2 Å². The van der Waals surface area contributed by atoms with Crippen molar-refractivity contribution in [2.24, 2.45) is 5.92 Å². The Morgan fingerprint density at radius 3 is 2.60 bits per heavy atom. The topological polar surface area (TPSA) is 82.8 Å². The molecule has 0 spiro atoms. The van der Waals surface area contributed by atoms with Crippen LogP contribution in [0.5, 0.6) is 0 Å². The van der Waals surface area contributed by atoms with Crippen molar-refractivity contribution in [3.63, 3.8) is 0 Å². The van der Waals surface area contributed by atoms with Crippen LogP contribution >= 0.6 is 24.0 Å². The van der Waals surface area contributed by atoms with Crippen LogP contribution in [0.2, 0.25) is 0 Å². The van der Waals surface area contributed by atoms with E-state index in [0.29, 0.717) is 21.4 Å². The summed E-state index contributed by atoms with van der Waals surface area (Å²) in [5, 5.41) is 12.7. The van der Waals surface area contributed by atoms with Crippen LogP contribution in [0, 0.1) is 5.92 Å². The monoisotopic (exact) mass is 444 g/mol. The van der Waals surface area contributed by atoms with E-state index in [1.807, 2.05) is 44.2 Å². The summed E-state index contributed by atoms with van der Waals surface area (Å²) < 4.78 is 5.61. The number of nitrogens with zero attached hydrogens (tertiary/aromatic N) is 1. The lowest BCUT2D eigenvalue weighted by atomic mass is 10.00. The number of carbonyl (C=O) groups excluding carboxylic acids is 2. The van der Waals surface area contributed by atoms with Gasteiger partial charge in [0.2, 0.25) is 5.91 Å². The van der Waals surface area contributed by atoms with E-state index >= 15 is 0 Å². The Morgan fingerprint density at radius 1 is 1.27 bits per heavy atom. The van der Waals surface area contributed by atoms with Crippen molar-refractivity contribution in [3.05, 3.63) is 65.0 Å². The fraction of sp³-hybridized carbons (Fsp3) is 0.318. The van der Waals surface area contributed by atoms with Crippen LogP contribution in [0.25, 0.3) is 6.08 Å². The summed E-state index contributed by atoms with van der Waals surface area (Å²) >= 11 is 6.57. The van der Waals surface area contributed by atoms with Crippen LogP contribution in [0.4, 0.5) is 0 Å². The van der Waals surface area contributed by atoms with Crippen LogP contribution < -0.4 is 5.32 Å². The van der Waals surface area contributed by atoms with Gasteiger partial charge in [0.25, 0.3) is 5.91 Å². The van der Waals surface area contributed by atoms with Gasteiger partial charge in [-0.15, -0.1) is 0 Å². The Balaban J connectivity index is 1.76. The number of rotatable bonds is 8. The number of furan rings is 1. The zero-order valence-electron chi connectivity index (χ0n) is 16.8. The molecule has 2 N–H and O–H groups in total. The number of hydrogen-bond donors (Lipinski definition) is 2. The first-order chi connectivity index (χ1) is 14.4. The molecule has 8 heteroatoms. The van der Waals surface area contributed by atoms with E-state index in [2.05, 4.69) is 5.32 Å². The van der Waals surface area contributed by atoms with E-state index in [-0.39, 0.29) is 24.3 Å². The largest absolute Gasteiger partial charge is 0.465 e. The van der Waals surface area contributed by atoms with Crippen molar-refractivity contribution in [2.75, 3.05) is 6.61 Å². The Morgan fingerprint density at radius 2 is 2.00 bits per heavy atom. The molecular formula is C22H24N2O4S2. The molecular weight excluding hydrogens is 420 g/mol. The van der Waals surface area contributed by atoms with Gasteiger partial charge in [-0.3, -0.25) is 14.5 Å². The third-order valence-corrected chi connectivity index (χ3v) is 6.04. The summed E-state index contributed by atoms with van der Waals surface area (Å²) in [5.41, 5.74) is 1.00. The highest BCUT2D eigenvalue weighted by molar-refractivity contribution is 8.26. The number of aliphatic hydroxyl groups excluding tert-OH is 1. The predicted molar refractivity (Wildman–Crippen MR) is 122 cm³/mol. The molecule has 1 aromatic heterocycles. The van der Waals surface area contributed by atoms with Crippen LogP contribution in [0.15, 0.2) is 58.1 Å². The van der Waals surface area contributed by atoms with Crippen molar-refractivity contribution < 1.29 is 19.1 Å². The van der Waals surface area contributed by atoms with Gasteiger partial charge in [-0.25, -0.2) is 0 Å². The highest BCUT2D eigenvalue weighted by Crippen LogP contribution is 2.35. The van der Waals surface area contributed by atoms with Gasteiger partial charge < -0.3 is 14.8 Å². The molecule has 0 bridgehead atoms. The zero-order chi connectivity index (χ0) is 21.7. The molecule has 1 saturated heterocycles. The van der Waals surface area contributed by atoms with Gasteiger partial charge in [0, 0.05) is 6.08 Å². The van der Waals surface area contributed by atoms with Crippen LogP contribution in [-0.2, 0) is 16.0 Å². The molecule has 3 rings (SSSR count). The molecule has 1 unspecified atom stereocenters. The summed E-state index contributed by atoms with van der Waals surface area (Å²) in [7, 11) is 0. The molecule has 158 valence electrons. The van der Waals surface area contributed by atoms with Crippen molar-refractivity contribution in [1.82, 2.24) is 10.2 Å². The second-order valence-electron chi connectivity index (χ2n) is 7.33. The number of aliphatic hydroxyl groups is 1. The fourth-order valence-corrected chi connectivity index (χ4v) is 4.60. The molecule has 30 heavy (non-hydrogen) atoms. The quantitative estimate of drug-likeness (QED) is 0.481. The summed E-state index contributed by atoms with van der Waals surface area (Å²) in [6.07, 6.45) is 3.64. The number of hydrogen-bond acceptors (Lipinski definition) is 6. The Hall–Kier alpha value is -2.42. The van der Waals surface area contributed by atoms with Gasteiger partial charge in [-0.05, 0) is 30.0 Å². The Labute approximate surface area is 185 Å². The molecule has 0 saturated carbocycles. The summed E-state index contributed by atoms with van der Waals surface area (Å²) in [4.78, 5) is 27.9. The SMILES string of the molecule is CC(C)C(C(=O)N[C@@H](CO)Cc1ccccc1)N1C(=O)/C(=C/c2ccco2)SC1=S. The summed E-state index contributed by atoms with van der Waals surface area (Å²) in [6, 6.07) is 11.9.